The second-order valence-electron chi connectivity index (χ2n) is 4.98. The van der Waals surface area contributed by atoms with Gasteiger partial charge in [-0.25, -0.2) is 0 Å². The molecule has 0 saturated heterocycles. The van der Waals surface area contributed by atoms with E-state index in [9.17, 15) is 4.79 Å². The molecule has 21 heavy (non-hydrogen) atoms. The summed E-state index contributed by atoms with van der Waals surface area (Å²) in [6.07, 6.45) is 2.50. The zero-order valence-electron chi connectivity index (χ0n) is 12.8. The van der Waals surface area contributed by atoms with Crippen molar-refractivity contribution in [3.05, 3.63) is 29.8 Å². The number of benzene rings is 1. The maximum Gasteiger partial charge on any atom is 0.259 e. The Hall–Kier alpha value is -2.06. The molecule has 1 amide bonds. The predicted molar refractivity (Wildman–Crippen MR) is 81.8 cm³/mol. The lowest BCUT2D eigenvalue weighted by atomic mass is 10.2. The van der Waals surface area contributed by atoms with E-state index in [1.54, 1.807) is 14.1 Å². The second kappa shape index (κ2) is 9.78. The van der Waals surface area contributed by atoms with Crippen molar-refractivity contribution in [3.8, 4) is 11.8 Å². The van der Waals surface area contributed by atoms with E-state index < -0.39 is 0 Å². The third kappa shape index (κ3) is 6.77. The molecule has 0 bridgehead atoms. The van der Waals surface area contributed by atoms with Crippen molar-refractivity contribution in [1.29, 1.82) is 5.26 Å². The fourth-order valence-corrected chi connectivity index (χ4v) is 1.74. The summed E-state index contributed by atoms with van der Waals surface area (Å²) >= 11 is 0. The summed E-state index contributed by atoms with van der Waals surface area (Å²) in [4.78, 5) is 13.1. The van der Waals surface area contributed by atoms with Gasteiger partial charge in [0.2, 0.25) is 0 Å². The fourth-order valence-electron chi connectivity index (χ4n) is 1.74. The topological polar surface area (TPSA) is 65.4 Å². The van der Waals surface area contributed by atoms with Gasteiger partial charge in [-0.1, -0.05) is 18.2 Å². The fraction of sp³-hybridized carbons (Fsp3) is 0.500. The van der Waals surface area contributed by atoms with Crippen molar-refractivity contribution < 1.29 is 9.53 Å². The van der Waals surface area contributed by atoms with Gasteiger partial charge < -0.3 is 15.0 Å². The molecule has 5 heteroatoms. The average molecular weight is 289 g/mol. The molecule has 0 fully saturated rings. The van der Waals surface area contributed by atoms with Crippen LogP contribution in [0.1, 0.15) is 24.8 Å². The Morgan fingerprint density at radius 1 is 1.33 bits per heavy atom. The van der Waals surface area contributed by atoms with E-state index in [-0.39, 0.29) is 12.5 Å². The molecule has 0 radical (unpaired) electrons. The molecule has 0 aliphatic heterocycles. The number of nitrogens with one attached hydrogen (secondary N) is 1. The van der Waals surface area contributed by atoms with E-state index in [1.165, 1.54) is 4.90 Å². The third-order valence-corrected chi connectivity index (χ3v) is 3.03. The van der Waals surface area contributed by atoms with Crippen LogP contribution in [0.25, 0.3) is 0 Å². The Morgan fingerprint density at radius 3 is 2.81 bits per heavy atom. The highest BCUT2D eigenvalue weighted by Gasteiger charge is 2.07. The second-order valence-corrected chi connectivity index (χ2v) is 4.98. The Labute approximate surface area is 126 Å². The number of para-hydroxylation sites is 1. The average Bonchev–Trinajstić information content (AvgIpc) is 2.49. The number of carbonyl (C=O) groups is 1. The van der Waals surface area contributed by atoms with Gasteiger partial charge in [-0.2, -0.15) is 5.26 Å². The highest BCUT2D eigenvalue weighted by molar-refractivity contribution is 5.77. The smallest absolute Gasteiger partial charge is 0.259 e. The van der Waals surface area contributed by atoms with Crippen molar-refractivity contribution in [3.63, 3.8) is 0 Å². The molecule has 0 heterocycles. The van der Waals surface area contributed by atoms with Crippen LogP contribution in [-0.4, -0.2) is 38.1 Å². The van der Waals surface area contributed by atoms with Crippen molar-refractivity contribution in [2.75, 3.05) is 27.2 Å². The molecular weight excluding hydrogens is 266 g/mol. The van der Waals surface area contributed by atoms with Crippen LogP contribution in [0.4, 0.5) is 0 Å². The summed E-state index contributed by atoms with van der Waals surface area (Å²) < 4.78 is 5.58. The van der Waals surface area contributed by atoms with E-state index in [1.807, 2.05) is 24.3 Å². The van der Waals surface area contributed by atoms with Gasteiger partial charge in [-0.3, -0.25) is 4.79 Å². The number of carbonyl (C=O) groups excluding carboxylic acids is 1. The molecule has 0 atom stereocenters. The SMILES string of the molecule is CN(C)C(=O)COc1ccccc1CNCCCCC#N. The van der Waals surface area contributed by atoms with Gasteiger partial charge in [0.1, 0.15) is 5.75 Å². The van der Waals surface area contributed by atoms with E-state index in [0.29, 0.717) is 13.0 Å². The van der Waals surface area contributed by atoms with Crippen molar-refractivity contribution in [2.45, 2.75) is 25.8 Å². The Kier molecular flexibility index (Phi) is 7.92. The zero-order valence-corrected chi connectivity index (χ0v) is 12.8. The number of rotatable bonds is 9. The first-order chi connectivity index (χ1) is 10.1. The highest BCUT2D eigenvalue weighted by Crippen LogP contribution is 2.17. The van der Waals surface area contributed by atoms with E-state index in [2.05, 4.69) is 11.4 Å². The van der Waals surface area contributed by atoms with Crippen molar-refractivity contribution in [2.24, 2.45) is 0 Å². The van der Waals surface area contributed by atoms with E-state index >= 15 is 0 Å². The number of amides is 1. The molecule has 0 spiro atoms. The number of unbranched alkanes of at least 4 members (excludes halogenated alkanes) is 2. The minimum absolute atomic E-state index is 0.0478. The lowest BCUT2D eigenvalue weighted by Gasteiger charge is -2.14. The first kappa shape index (κ1) is 17.0. The van der Waals surface area contributed by atoms with Gasteiger partial charge in [0.25, 0.3) is 5.91 Å². The molecule has 5 nitrogen and oxygen atoms in total. The van der Waals surface area contributed by atoms with Crippen molar-refractivity contribution >= 4 is 5.91 Å². The van der Waals surface area contributed by atoms with Crippen LogP contribution in [0.2, 0.25) is 0 Å². The Morgan fingerprint density at radius 2 is 2.10 bits per heavy atom. The molecule has 1 N–H and O–H groups in total. The number of nitrogens with zero attached hydrogens (tertiary/aromatic N) is 2. The van der Waals surface area contributed by atoms with Gasteiger partial charge in [-0.15, -0.1) is 0 Å². The number of likely N-dealkylation sites (N-methyl/N-ethyl adjacent to an activating group) is 1. The largest absolute Gasteiger partial charge is 0.483 e. The quantitative estimate of drug-likeness (QED) is 0.706. The zero-order chi connectivity index (χ0) is 15.5. The molecule has 0 aliphatic carbocycles. The summed E-state index contributed by atoms with van der Waals surface area (Å²) in [6, 6.07) is 9.84. The highest BCUT2D eigenvalue weighted by atomic mass is 16.5. The molecule has 0 saturated carbocycles. The lowest BCUT2D eigenvalue weighted by molar-refractivity contribution is -0.130. The standard InChI is InChI=1S/C16H23N3O2/c1-19(2)16(20)13-21-15-9-5-4-8-14(15)12-18-11-7-3-6-10-17/h4-5,8-9,18H,3,6-7,11-13H2,1-2H3. The number of ether oxygens (including phenoxy) is 1. The van der Waals surface area contributed by atoms with Crippen LogP contribution >= 0.6 is 0 Å². The maximum atomic E-state index is 11.5. The molecule has 1 aromatic carbocycles. The summed E-state index contributed by atoms with van der Waals surface area (Å²) in [5.74, 6) is 0.673. The summed E-state index contributed by atoms with van der Waals surface area (Å²) in [5, 5.41) is 11.8. The van der Waals surface area contributed by atoms with Crippen LogP contribution in [0, 0.1) is 11.3 Å². The molecule has 1 rings (SSSR count). The summed E-state index contributed by atoms with van der Waals surface area (Å²) in [6.45, 7) is 1.61. The van der Waals surface area contributed by atoms with Crippen LogP contribution < -0.4 is 10.1 Å². The molecule has 0 unspecified atom stereocenters. The van der Waals surface area contributed by atoms with Gasteiger partial charge in [0.15, 0.2) is 6.61 Å². The molecule has 114 valence electrons. The summed E-state index contributed by atoms with van der Waals surface area (Å²) in [7, 11) is 3.42. The first-order valence-electron chi connectivity index (χ1n) is 7.13. The normalized spacial score (nSPS) is 9.95. The first-order valence-corrected chi connectivity index (χ1v) is 7.13. The van der Waals surface area contributed by atoms with Crippen LogP contribution in [0.15, 0.2) is 24.3 Å². The molecular formula is C16H23N3O2. The van der Waals surface area contributed by atoms with Crippen LogP contribution in [-0.2, 0) is 11.3 Å². The van der Waals surface area contributed by atoms with E-state index in [4.69, 9.17) is 10.00 Å². The number of hydrogen-bond donors (Lipinski definition) is 1. The number of nitriles is 1. The Balaban J connectivity index is 2.40. The monoisotopic (exact) mass is 289 g/mol. The van der Waals surface area contributed by atoms with E-state index in [0.717, 1.165) is 30.7 Å². The van der Waals surface area contributed by atoms with Gasteiger partial charge in [-0.05, 0) is 25.5 Å². The third-order valence-electron chi connectivity index (χ3n) is 3.03. The summed E-state index contributed by atoms with van der Waals surface area (Å²) in [5.41, 5.74) is 1.03. The van der Waals surface area contributed by atoms with Gasteiger partial charge in [0.05, 0.1) is 6.07 Å². The van der Waals surface area contributed by atoms with Gasteiger partial charge in [0, 0.05) is 32.6 Å². The molecule has 0 aliphatic rings. The minimum Gasteiger partial charge on any atom is -0.483 e. The molecule has 1 aromatic rings. The molecule has 0 aromatic heterocycles. The van der Waals surface area contributed by atoms with Crippen LogP contribution in [0.5, 0.6) is 5.75 Å². The Bertz CT molecular complexity index is 481. The van der Waals surface area contributed by atoms with Crippen molar-refractivity contribution in [1.82, 2.24) is 10.2 Å². The van der Waals surface area contributed by atoms with Crippen LogP contribution in [0.3, 0.4) is 0 Å². The number of hydrogen-bond acceptors (Lipinski definition) is 4. The maximum absolute atomic E-state index is 11.5. The van der Waals surface area contributed by atoms with Gasteiger partial charge >= 0.3 is 0 Å². The minimum atomic E-state index is -0.0609. The lowest BCUT2D eigenvalue weighted by Crippen LogP contribution is -2.27. The predicted octanol–water partition coefficient (Wildman–Crippen LogP) is 1.94.